The molecular formula is C13H18O2S. The zero-order chi connectivity index (χ0) is 11.4. The number of hydrogen-bond acceptors (Lipinski definition) is 3. The fraction of sp³-hybridized carbons (Fsp3) is 0.538. The highest BCUT2D eigenvalue weighted by Crippen LogP contribution is 2.46. The molecule has 88 valence electrons. The molecule has 3 heteroatoms. The molecule has 1 aliphatic rings. The van der Waals surface area contributed by atoms with Gasteiger partial charge in [-0.25, -0.2) is 0 Å². The second kappa shape index (κ2) is 5.11. The Labute approximate surface area is 102 Å². The Bertz CT molecular complexity index is 348. The van der Waals surface area contributed by atoms with Crippen LogP contribution in [0.5, 0.6) is 5.75 Å². The van der Waals surface area contributed by atoms with Crippen molar-refractivity contribution in [3.05, 3.63) is 29.8 Å². The largest absolute Gasteiger partial charge is 0.493 e. The third-order valence-electron chi connectivity index (χ3n) is 3.05. The average Bonchev–Trinajstić information content (AvgIpc) is 3.08. The lowest BCUT2D eigenvalue weighted by atomic mass is 10.1. The summed E-state index contributed by atoms with van der Waals surface area (Å²) in [6.45, 7) is 1.42. The molecule has 0 radical (unpaired) electrons. The number of hydrogen-bond donors (Lipinski definition) is 1. The molecule has 0 aliphatic heterocycles. The minimum Gasteiger partial charge on any atom is -0.493 e. The van der Waals surface area contributed by atoms with Gasteiger partial charge in [0.25, 0.3) is 0 Å². The van der Waals surface area contributed by atoms with Crippen molar-refractivity contribution in [3.8, 4) is 5.75 Å². The Morgan fingerprint density at radius 1 is 1.38 bits per heavy atom. The fourth-order valence-corrected chi connectivity index (χ4v) is 2.06. The van der Waals surface area contributed by atoms with Crippen molar-refractivity contribution in [1.29, 1.82) is 0 Å². The van der Waals surface area contributed by atoms with Crippen molar-refractivity contribution >= 4 is 12.6 Å². The van der Waals surface area contributed by atoms with Crippen molar-refractivity contribution in [2.75, 3.05) is 19.5 Å². The van der Waals surface area contributed by atoms with Gasteiger partial charge in [-0.3, -0.25) is 0 Å². The first-order valence-corrected chi connectivity index (χ1v) is 6.23. The average molecular weight is 238 g/mol. The lowest BCUT2D eigenvalue weighted by molar-refractivity contribution is 0.184. The van der Waals surface area contributed by atoms with Crippen LogP contribution in [0.25, 0.3) is 0 Å². The van der Waals surface area contributed by atoms with E-state index in [1.807, 2.05) is 24.3 Å². The smallest absolute Gasteiger partial charge is 0.119 e. The molecule has 0 bridgehead atoms. The van der Waals surface area contributed by atoms with E-state index >= 15 is 0 Å². The predicted octanol–water partition coefficient (Wildman–Crippen LogP) is 2.92. The van der Waals surface area contributed by atoms with Crippen LogP contribution in [0.15, 0.2) is 24.3 Å². The molecule has 2 rings (SSSR count). The second-order valence-electron chi connectivity index (χ2n) is 4.53. The Morgan fingerprint density at radius 2 is 2.19 bits per heavy atom. The van der Waals surface area contributed by atoms with E-state index in [9.17, 15) is 0 Å². The van der Waals surface area contributed by atoms with Gasteiger partial charge in [0.05, 0.1) is 13.2 Å². The summed E-state index contributed by atoms with van der Waals surface area (Å²) in [4.78, 5) is 0. The molecule has 1 aromatic rings. The first kappa shape index (κ1) is 11.8. The summed E-state index contributed by atoms with van der Waals surface area (Å²) >= 11 is 4.36. The highest BCUT2D eigenvalue weighted by molar-refractivity contribution is 7.80. The SMILES string of the molecule is COCc1cccc(OCC2(CS)CC2)c1. The molecule has 0 amide bonds. The van der Waals surface area contributed by atoms with E-state index in [2.05, 4.69) is 12.6 Å². The summed E-state index contributed by atoms with van der Waals surface area (Å²) in [5.74, 6) is 1.85. The van der Waals surface area contributed by atoms with E-state index < -0.39 is 0 Å². The fourth-order valence-electron chi connectivity index (χ4n) is 1.65. The number of ether oxygens (including phenoxy) is 2. The van der Waals surface area contributed by atoms with Gasteiger partial charge in [-0.05, 0) is 36.3 Å². The molecule has 1 aromatic carbocycles. The lowest BCUT2D eigenvalue weighted by Crippen LogP contribution is -2.14. The molecule has 0 spiro atoms. The Hall–Kier alpha value is -0.670. The molecule has 0 N–H and O–H groups in total. The van der Waals surface area contributed by atoms with E-state index in [1.165, 1.54) is 12.8 Å². The molecule has 16 heavy (non-hydrogen) atoms. The van der Waals surface area contributed by atoms with Crippen LogP contribution in [0.1, 0.15) is 18.4 Å². The van der Waals surface area contributed by atoms with Crippen molar-refractivity contribution < 1.29 is 9.47 Å². The van der Waals surface area contributed by atoms with Gasteiger partial charge in [-0.2, -0.15) is 12.6 Å². The van der Waals surface area contributed by atoms with E-state index in [0.29, 0.717) is 12.0 Å². The van der Waals surface area contributed by atoms with Crippen LogP contribution in [-0.2, 0) is 11.3 Å². The third-order valence-corrected chi connectivity index (χ3v) is 3.72. The van der Waals surface area contributed by atoms with Crippen LogP contribution in [0.4, 0.5) is 0 Å². The topological polar surface area (TPSA) is 18.5 Å². The first-order chi connectivity index (χ1) is 7.78. The van der Waals surface area contributed by atoms with Gasteiger partial charge in [-0.1, -0.05) is 12.1 Å². The number of thiol groups is 1. The van der Waals surface area contributed by atoms with Gasteiger partial charge in [-0.15, -0.1) is 0 Å². The van der Waals surface area contributed by atoms with E-state index in [4.69, 9.17) is 9.47 Å². The molecule has 0 heterocycles. The quantitative estimate of drug-likeness (QED) is 0.768. The van der Waals surface area contributed by atoms with E-state index in [1.54, 1.807) is 7.11 Å². The highest BCUT2D eigenvalue weighted by atomic mass is 32.1. The third kappa shape index (κ3) is 2.92. The second-order valence-corrected chi connectivity index (χ2v) is 4.84. The van der Waals surface area contributed by atoms with Crippen LogP contribution in [0.2, 0.25) is 0 Å². The maximum Gasteiger partial charge on any atom is 0.119 e. The summed E-state index contributed by atoms with van der Waals surface area (Å²) in [7, 11) is 1.70. The maximum absolute atomic E-state index is 5.81. The Kier molecular flexibility index (Phi) is 3.77. The first-order valence-electron chi connectivity index (χ1n) is 5.60. The van der Waals surface area contributed by atoms with Gasteiger partial charge < -0.3 is 9.47 Å². The Balaban J connectivity index is 1.91. The van der Waals surface area contributed by atoms with Gasteiger partial charge in [0.2, 0.25) is 0 Å². The van der Waals surface area contributed by atoms with Crippen LogP contribution in [0, 0.1) is 5.41 Å². The minimum atomic E-state index is 0.348. The van der Waals surface area contributed by atoms with Crippen LogP contribution >= 0.6 is 12.6 Å². The number of rotatable bonds is 6. The molecule has 0 unspecified atom stereocenters. The van der Waals surface area contributed by atoms with Gasteiger partial charge >= 0.3 is 0 Å². The molecule has 0 aromatic heterocycles. The van der Waals surface area contributed by atoms with Crippen molar-refractivity contribution in [1.82, 2.24) is 0 Å². The summed E-state index contributed by atoms with van der Waals surface area (Å²) in [6.07, 6.45) is 2.49. The van der Waals surface area contributed by atoms with E-state index in [-0.39, 0.29) is 0 Å². The van der Waals surface area contributed by atoms with Crippen LogP contribution < -0.4 is 4.74 Å². The van der Waals surface area contributed by atoms with Crippen LogP contribution in [-0.4, -0.2) is 19.5 Å². The zero-order valence-electron chi connectivity index (χ0n) is 9.61. The number of benzene rings is 1. The summed E-state index contributed by atoms with van der Waals surface area (Å²) in [5.41, 5.74) is 1.50. The van der Waals surface area contributed by atoms with Crippen molar-refractivity contribution in [2.45, 2.75) is 19.4 Å². The molecule has 1 fully saturated rings. The molecular weight excluding hydrogens is 220 g/mol. The highest BCUT2D eigenvalue weighted by Gasteiger charge is 2.42. The normalized spacial score (nSPS) is 17.1. The number of methoxy groups -OCH3 is 1. The van der Waals surface area contributed by atoms with Gasteiger partial charge in [0.1, 0.15) is 5.75 Å². The minimum absolute atomic E-state index is 0.348. The summed E-state index contributed by atoms with van der Waals surface area (Å²) in [6, 6.07) is 8.08. The summed E-state index contributed by atoms with van der Waals surface area (Å²) < 4.78 is 10.9. The van der Waals surface area contributed by atoms with Gasteiger partial charge in [0, 0.05) is 12.5 Å². The maximum atomic E-state index is 5.81. The summed E-state index contributed by atoms with van der Waals surface area (Å²) in [5, 5.41) is 0. The predicted molar refractivity (Wildman–Crippen MR) is 68.2 cm³/mol. The van der Waals surface area contributed by atoms with Gasteiger partial charge in [0.15, 0.2) is 0 Å². The standard InChI is InChI=1S/C13H18O2S/c1-14-8-11-3-2-4-12(7-11)15-9-13(10-16)5-6-13/h2-4,7,16H,5-6,8-10H2,1H3. The molecule has 1 aliphatic carbocycles. The van der Waals surface area contributed by atoms with Crippen molar-refractivity contribution in [3.63, 3.8) is 0 Å². The Morgan fingerprint density at radius 3 is 2.81 bits per heavy atom. The van der Waals surface area contributed by atoms with E-state index in [0.717, 1.165) is 23.7 Å². The molecule has 0 atom stereocenters. The molecule has 1 saturated carbocycles. The molecule has 0 saturated heterocycles. The molecule has 2 nitrogen and oxygen atoms in total. The van der Waals surface area contributed by atoms with Crippen molar-refractivity contribution in [2.24, 2.45) is 5.41 Å². The van der Waals surface area contributed by atoms with Crippen LogP contribution in [0.3, 0.4) is 0 Å². The zero-order valence-corrected chi connectivity index (χ0v) is 10.5. The monoisotopic (exact) mass is 238 g/mol. The lowest BCUT2D eigenvalue weighted by Gasteiger charge is -2.14.